The number of hydrogen-bond donors (Lipinski definition) is 0. The van der Waals surface area contributed by atoms with E-state index in [1.807, 2.05) is 0 Å². The molecule has 0 aromatic heterocycles. The van der Waals surface area contributed by atoms with Gasteiger partial charge in [-0.2, -0.15) is 9.65 Å². The van der Waals surface area contributed by atoms with Crippen LogP contribution in [0, 0.1) is 35.0 Å². The van der Waals surface area contributed by atoms with E-state index in [9.17, 15) is 4.39 Å². The van der Waals surface area contributed by atoms with Gasteiger partial charge >= 0.3 is 0 Å². The quantitative estimate of drug-likeness (QED) is 0.426. The standard InChI is InChI=1S/C22H36FN/c1-2-4-18-7-11-20(12-8-18)15-16-21-13-9-19(10-14-21)5-3-6-22(23)17-24/h6,18-21H,2-5,7-16H2,1H3/t18-,19-,20-,21-. The van der Waals surface area contributed by atoms with E-state index >= 15 is 0 Å². The molecule has 2 fully saturated rings. The van der Waals surface area contributed by atoms with Crippen molar-refractivity contribution in [3.63, 3.8) is 0 Å². The smallest absolute Gasteiger partial charge is 0.195 e. The van der Waals surface area contributed by atoms with Crippen molar-refractivity contribution in [3.05, 3.63) is 11.9 Å². The zero-order chi connectivity index (χ0) is 17.2. The zero-order valence-electron chi connectivity index (χ0n) is 15.6. The molecule has 0 aliphatic heterocycles. The Morgan fingerprint density at radius 3 is 1.67 bits per heavy atom. The Kier molecular flexibility index (Phi) is 8.86. The first-order valence-electron chi connectivity index (χ1n) is 10.5. The Balaban J connectivity index is 1.55. The highest BCUT2D eigenvalue weighted by Gasteiger charge is 2.24. The molecule has 0 spiro atoms. The topological polar surface area (TPSA) is 23.8 Å². The van der Waals surface area contributed by atoms with Crippen LogP contribution >= 0.6 is 0 Å². The van der Waals surface area contributed by atoms with Crippen molar-refractivity contribution in [1.29, 1.82) is 5.26 Å². The SMILES string of the molecule is CCC[C@H]1CC[C@H](CC[C@H]2CC[C@H](CCC=C(F)C#N)CC2)CC1. The molecule has 2 saturated carbocycles. The first-order chi connectivity index (χ1) is 11.7. The monoisotopic (exact) mass is 333 g/mol. The summed E-state index contributed by atoms with van der Waals surface area (Å²) in [4.78, 5) is 0. The molecule has 0 radical (unpaired) electrons. The van der Waals surface area contributed by atoms with Crippen LogP contribution in [0.25, 0.3) is 0 Å². The van der Waals surface area contributed by atoms with Gasteiger partial charge in [-0.05, 0) is 42.6 Å². The second-order valence-electron chi connectivity index (χ2n) is 8.38. The second kappa shape index (κ2) is 10.9. The number of nitriles is 1. The van der Waals surface area contributed by atoms with Gasteiger partial charge in [0.05, 0.1) is 0 Å². The van der Waals surface area contributed by atoms with Gasteiger partial charge in [0.25, 0.3) is 0 Å². The maximum atomic E-state index is 12.8. The van der Waals surface area contributed by atoms with Crippen molar-refractivity contribution < 1.29 is 4.39 Å². The summed E-state index contributed by atoms with van der Waals surface area (Å²) >= 11 is 0. The van der Waals surface area contributed by atoms with Crippen LogP contribution in [0.1, 0.15) is 96.8 Å². The molecule has 0 N–H and O–H groups in total. The Morgan fingerprint density at radius 2 is 1.25 bits per heavy atom. The number of rotatable bonds is 8. The normalized spacial score (nSPS) is 31.6. The van der Waals surface area contributed by atoms with Crippen molar-refractivity contribution in [2.75, 3.05) is 0 Å². The van der Waals surface area contributed by atoms with Crippen LogP contribution in [0.3, 0.4) is 0 Å². The first-order valence-corrected chi connectivity index (χ1v) is 10.5. The molecule has 0 unspecified atom stereocenters. The predicted octanol–water partition coefficient (Wildman–Crippen LogP) is 7.34. The van der Waals surface area contributed by atoms with Crippen molar-refractivity contribution in [2.24, 2.45) is 23.7 Å². The molecule has 2 heteroatoms. The lowest BCUT2D eigenvalue weighted by molar-refractivity contribution is 0.210. The molecule has 24 heavy (non-hydrogen) atoms. The van der Waals surface area contributed by atoms with Gasteiger partial charge in [-0.25, -0.2) is 0 Å². The highest BCUT2D eigenvalue weighted by Crippen LogP contribution is 2.38. The Morgan fingerprint density at radius 1 is 0.833 bits per heavy atom. The van der Waals surface area contributed by atoms with E-state index in [0.29, 0.717) is 0 Å². The molecule has 2 aliphatic rings. The van der Waals surface area contributed by atoms with Gasteiger partial charge in [-0.15, -0.1) is 0 Å². The third-order valence-corrected chi connectivity index (χ3v) is 6.62. The highest BCUT2D eigenvalue weighted by molar-refractivity contribution is 5.11. The minimum absolute atomic E-state index is 0.614. The molecule has 0 amide bonds. The van der Waals surface area contributed by atoms with Gasteiger partial charge in [0, 0.05) is 0 Å². The van der Waals surface area contributed by atoms with Crippen molar-refractivity contribution >= 4 is 0 Å². The van der Waals surface area contributed by atoms with Gasteiger partial charge in [0.1, 0.15) is 6.07 Å². The lowest BCUT2D eigenvalue weighted by atomic mass is 9.74. The van der Waals surface area contributed by atoms with Crippen LogP contribution in [0.15, 0.2) is 11.9 Å². The lowest BCUT2D eigenvalue weighted by Crippen LogP contribution is -2.18. The summed E-state index contributed by atoms with van der Waals surface area (Å²) in [6, 6.07) is 1.56. The van der Waals surface area contributed by atoms with Crippen molar-refractivity contribution in [1.82, 2.24) is 0 Å². The summed E-state index contributed by atoms with van der Waals surface area (Å²) in [6.45, 7) is 2.32. The van der Waals surface area contributed by atoms with Crippen LogP contribution in [-0.4, -0.2) is 0 Å². The highest BCUT2D eigenvalue weighted by atomic mass is 19.1. The molecule has 0 heterocycles. The number of halogens is 1. The van der Waals surface area contributed by atoms with E-state index in [1.54, 1.807) is 6.07 Å². The van der Waals surface area contributed by atoms with E-state index in [1.165, 1.54) is 83.1 Å². The van der Waals surface area contributed by atoms with E-state index in [-0.39, 0.29) is 0 Å². The summed E-state index contributed by atoms with van der Waals surface area (Å²) in [5.74, 6) is 3.13. The molecule has 0 aromatic rings. The minimum atomic E-state index is -0.614. The number of nitrogens with zero attached hydrogens (tertiary/aromatic N) is 1. The molecule has 0 aromatic carbocycles. The van der Waals surface area contributed by atoms with Crippen LogP contribution < -0.4 is 0 Å². The molecule has 0 saturated heterocycles. The van der Waals surface area contributed by atoms with Crippen LogP contribution in [0.4, 0.5) is 4.39 Å². The molecular weight excluding hydrogens is 297 g/mol. The fourth-order valence-electron chi connectivity index (χ4n) is 4.99. The largest absolute Gasteiger partial charge is 0.196 e. The maximum Gasteiger partial charge on any atom is 0.196 e. The molecule has 136 valence electrons. The first kappa shape index (κ1) is 19.5. The second-order valence-corrected chi connectivity index (χ2v) is 8.38. The molecule has 0 bridgehead atoms. The van der Waals surface area contributed by atoms with Crippen LogP contribution in [0.5, 0.6) is 0 Å². The summed E-state index contributed by atoms with van der Waals surface area (Å²) in [7, 11) is 0. The summed E-state index contributed by atoms with van der Waals surface area (Å²) in [5, 5.41) is 8.42. The molecular formula is C22H36FN. The fourth-order valence-corrected chi connectivity index (χ4v) is 4.99. The number of allylic oxidation sites excluding steroid dienone is 2. The lowest BCUT2D eigenvalue weighted by Gasteiger charge is -2.32. The van der Waals surface area contributed by atoms with Crippen LogP contribution in [-0.2, 0) is 0 Å². The summed E-state index contributed by atoms with van der Waals surface area (Å²) in [6.07, 6.45) is 20.3. The Bertz CT molecular complexity index is 406. The average molecular weight is 334 g/mol. The zero-order valence-corrected chi connectivity index (χ0v) is 15.6. The fraction of sp³-hybridized carbons (Fsp3) is 0.864. The van der Waals surface area contributed by atoms with Gasteiger partial charge in [0.15, 0.2) is 5.83 Å². The van der Waals surface area contributed by atoms with Crippen molar-refractivity contribution in [2.45, 2.75) is 96.8 Å². The molecule has 2 aliphatic carbocycles. The Labute approximate surface area is 148 Å². The Hall–Kier alpha value is -0.840. The molecule has 1 nitrogen and oxygen atoms in total. The van der Waals surface area contributed by atoms with E-state index in [4.69, 9.17) is 5.26 Å². The third-order valence-electron chi connectivity index (χ3n) is 6.62. The predicted molar refractivity (Wildman–Crippen MR) is 99.1 cm³/mol. The van der Waals surface area contributed by atoms with E-state index in [0.717, 1.165) is 36.5 Å². The van der Waals surface area contributed by atoms with Gasteiger partial charge < -0.3 is 0 Å². The van der Waals surface area contributed by atoms with Gasteiger partial charge in [0.2, 0.25) is 0 Å². The molecule has 2 rings (SSSR count). The summed E-state index contributed by atoms with van der Waals surface area (Å²) < 4.78 is 12.8. The average Bonchev–Trinajstić information content (AvgIpc) is 2.62. The van der Waals surface area contributed by atoms with Gasteiger partial charge in [-0.1, -0.05) is 84.0 Å². The minimum Gasteiger partial charge on any atom is -0.195 e. The van der Waals surface area contributed by atoms with Crippen LogP contribution in [0.2, 0.25) is 0 Å². The summed E-state index contributed by atoms with van der Waals surface area (Å²) in [5.41, 5.74) is 0. The maximum absolute atomic E-state index is 12.8. The number of hydrogen-bond acceptors (Lipinski definition) is 1. The van der Waals surface area contributed by atoms with E-state index in [2.05, 4.69) is 6.92 Å². The van der Waals surface area contributed by atoms with E-state index < -0.39 is 5.83 Å². The molecule has 0 atom stereocenters. The van der Waals surface area contributed by atoms with Gasteiger partial charge in [-0.3, -0.25) is 0 Å². The third kappa shape index (κ3) is 6.96. The van der Waals surface area contributed by atoms with Crippen molar-refractivity contribution in [3.8, 4) is 6.07 Å².